The molecule has 114 valence electrons. The normalized spacial score (nSPS) is 23.3. The summed E-state index contributed by atoms with van der Waals surface area (Å²) in [6.07, 6.45) is 6.22. The molecule has 5 nitrogen and oxygen atoms in total. The standard InChI is InChI=1S/C13H29N3O2S/c1-12(11-13-7-5-4-6-8-15-13)14-9-10-19(17,18)16(2)3/h12-15H,4-11H2,1-3H3. The lowest BCUT2D eigenvalue weighted by Crippen LogP contribution is -2.39. The predicted octanol–water partition coefficient (Wildman–Crippen LogP) is 0.778. The molecule has 1 rings (SSSR count). The van der Waals surface area contributed by atoms with E-state index in [9.17, 15) is 8.42 Å². The van der Waals surface area contributed by atoms with Gasteiger partial charge < -0.3 is 10.6 Å². The summed E-state index contributed by atoms with van der Waals surface area (Å²) < 4.78 is 24.5. The first-order valence-electron chi connectivity index (χ1n) is 7.29. The highest BCUT2D eigenvalue weighted by atomic mass is 32.2. The van der Waals surface area contributed by atoms with Crippen LogP contribution in [0.2, 0.25) is 0 Å². The van der Waals surface area contributed by atoms with Gasteiger partial charge >= 0.3 is 0 Å². The van der Waals surface area contributed by atoms with Crippen LogP contribution in [0.1, 0.15) is 39.0 Å². The summed E-state index contributed by atoms with van der Waals surface area (Å²) in [7, 11) is 0.0776. The van der Waals surface area contributed by atoms with Crippen molar-refractivity contribution in [1.29, 1.82) is 0 Å². The first-order chi connectivity index (χ1) is 8.92. The minimum atomic E-state index is -3.08. The number of hydrogen-bond donors (Lipinski definition) is 2. The highest BCUT2D eigenvalue weighted by Gasteiger charge is 2.16. The van der Waals surface area contributed by atoms with Gasteiger partial charge in [-0.2, -0.15) is 0 Å². The van der Waals surface area contributed by atoms with Crippen LogP contribution < -0.4 is 10.6 Å². The van der Waals surface area contributed by atoms with E-state index in [1.807, 2.05) is 0 Å². The van der Waals surface area contributed by atoms with Crippen molar-refractivity contribution >= 4 is 10.0 Å². The Morgan fingerprint density at radius 1 is 1.32 bits per heavy atom. The summed E-state index contributed by atoms with van der Waals surface area (Å²) in [6.45, 7) is 3.77. The molecule has 0 saturated carbocycles. The van der Waals surface area contributed by atoms with Gasteiger partial charge in [-0.05, 0) is 32.7 Å². The number of nitrogens with one attached hydrogen (secondary N) is 2. The number of sulfonamides is 1. The lowest BCUT2D eigenvalue weighted by atomic mass is 10.0. The van der Waals surface area contributed by atoms with Crippen LogP contribution in [0.4, 0.5) is 0 Å². The second kappa shape index (κ2) is 8.19. The third-order valence-electron chi connectivity index (χ3n) is 3.71. The van der Waals surface area contributed by atoms with Crippen LogP contribution >= 0.6 is 0 Å². The van der Waals surface area contributed by atoms with E-state index < -0.39 is 10.0 Å². The van der Waals surface area contributed by atoms with E-state index in [1.165, 1.54) is 30.0 Å². The fourth-order valence-electron chi connectivity index (χ4n) is 2.43. The summed E-state index contributed by atoms with van der Waals surface area (Å²) in [5.74, 6) is 0.169. The maximum absolute atomic E-state index is 11.6. The summed E-state index contributed by atoms with van der Waals surface area (Å²) in [4.78, 5) is 0. The quantitative estimate of drug-likeness (QED) is 0.728. The van der Waals surface area contributed by atoms with Gasteiger partial charge in [0.05, 0.1) is 5.75 Å². The van der Waals surface area contributed by atoms with Crippen molar-refractivity contribution in [3.8, 4) is 0 Å². The summed E-state index contributed by atoms with van der Waals surface area (Å²) in [5.41, 5.74) is 0. The van der Waals surface area contributed by atoms with Crippen molar-refractivity contribution in [2.24, 2.45) is 0 Å². The van der Waals surface area contributed by atoms with Gasteiger partial charge in [-0.1, -0.05) is 12.8 Å². The smallest absolute Gasteiger partial charge is 0.214 e. The Morgan fingerprint density at radius 3 is 2.74 bits per heavy atom. The lowest BCUT2D eigenvalue weighted by Gasteiger charge is -2.21. The first-order valence-corrected chi connectivity index (χ1v) is 8.89. The van der Waals surface area contributed by atoms with E-state index in [0.29, 0.717) is 18.6 Å². The van der Waals surface area contributed by atoms with Gasteiger partial charge in [-0.15, -0.1) is 0 Å². The minimum absolute atomic E-state index is 0.169. The molecular formula is C13H29N3O2S. The second-order valence-electron chi connectivity index (χ2n) is 5.69. The zero-order valence-electron chi connectivity index (χ0n) is 12.5. The largest absolute Gasteiger partial charge is 0.314 e. The van der Waals surface area contributed by atoms with Crippen LogP contribution in [-0.4, -0.2) is 57.7 Å². The molecule has 1 aliphatic heterocycles. The Labute approximate surface area is 118 Å². The third-order valence-corrected chi connectivity index (χ3v) is 5.54. The van der Waals surface area contributed by atoms with Crippen LogP contribution in [0, 0.1) is 0 Å². The van der Waals surface area contributed by atoms with Gasteiger partial charge in [0.1, 0.15) is 0 Å². The summed E-state index contributed by atoms with van der Waals surface area (Å²) in [5, 5.41) is 6.89. The average molecular weight is 291 g/mol. The van der Waals surface area contributed by atoms with Gasteiger partial charge in [0.25, 0.3) is 0 Å². The molecule has 0 aromatic carbocycles. The molecule has 19 heavy (non-hydrogen) atoms. The van der Waals surface area contributed by atoms with Crippen molar-refractivity contribution in [3.63, 3.8) is 0 Å². The molecule has 2 N–H and O–H groups in total. The monoisotopic (exact) mass is 291 g/mol. The molecule has 1 heterocycles. The van der Waals surface area contributed by atoms with Gasteiger partial charge in [0.2, 0.25) is 10.0 Å². The molecule has 1 aliphatic rings. The molecule has 0 aromatic heterocycles. The van der Waals surface area contributed by atoms with E-state index in [1.54, 1.807) is 14.1 Å². The molecule has 1 fully saturated rings. The maximum atomic E-state index is 11.6. The fourth-order valence-corrected chi connectivity index (χ4v) is 3.17. The Bertz CT molecular complexity index is 336. The molecule has 2 atom stereocenters. The Kier molecular flexibility index (Phi) is 7.28. The average Bonchev–Trinajstić information content (AvgIpc) is 2.57. The first kappa shape index (κ1) is 16.9. The number of nitrogens with zero attached hydrogens (tertiary/aromatic N) is 1. The topological polar surface area (TPSA) is 61.4 Å². The zero-order valence-corrected chi connectivity index (χ0v) is 13.3. The van der Waals surface area contributed by atoms with Crippen molar-refractivity contribution in [2.45, 2.75) is 51.1 Å². The van der Waals surface area contributed by atoms with Crippen molar-refractivity contribution in [2.75, 3.05) is 32.9 Å². The van der Waals surface area contributed by atoms with Gasteiger partial charge in [0, 0.05) is 32.7 Å². The minimum Gasteiger partial charge on any atom is -0.314 e. The third kappa shape index (κ3) is 6.70. The molecule has 0 bridgehead atoms. The van der Waals surface area contributed by atoms with Crippen molar-refractivity contribution < 1.29 is 8.42 Å². The molecule has 0 radical (unpaired) electrons. The summed E-state index contributed by atoms with van der Waals surface area (Å²) in [6, 6.07) is 0.934. The van der Waals surface area contributed by atoms with Crippen LogP contribution in [0.25, 0.3) is 0 Å². The molecule has 0 aliphatic carbocycles. The van der Waals surface area contributed by atoms with E-state index in [2.05, 4.69) is 17.6 Å². The fraction of sp³-hybridized carbons (Fsp3) is 1.00. The van der Waals surface area contributed by atoms with Crippen molar-refractivity contribution in [3.05, 3.63) is 0 Å². The molecule has 0 aromatic rings. The molecule has 0 amide bonds. The summed E-state index contributed by atoms with van der Waals surface area (Å²) >= 11 is 0. The van der Waals surface area contributed by atoms with Crippen LogP contribution in [-0.2, 0) is 10.0 Å². The van der Waals surface area contributed by atoms with E-state index in [0.717, 1.165) is 13.0 Å². The van der Waals surface area contributed by atoms with Crippen molar-refractivity contribution in [1.82, 2.24) is 14.9 Å². The van der Waals surface area contributed by atoms with E-state index in [-0.39, 0.29) is 5.75 Å². The number of rotatable bonds is 7. The van der Waals surface area contributed by atoms with Gasteiger partial charge in [0.15, 0.2) is 0 Å². The van der Waals surface area contributed by atoms with E-state index in [4.69, 9.17) is 0 Å². The maximum Gasteiger partial charge on any atom is 0.214 e. The molecule has 0 spiro atoms. The SMILES string of the molecule is CC(CC1CCCCCN1)NCCS(=O)(=O)N(C)C. The van der Waals surface area contributed by atoms with Crippen LogP contribution in [0.3, 0.4) is 0 Å². The van der Waals surface area contributed by atoms with Gasteiger partial charge in [-0.3, -0.25) is 0 Å². The highest BCUT2D eigenvalue weighted by Crippen LogP contribution is 2.12. The molecular weight excluding hydrogens is 262 g/mol. The van der Waals surface area contributed by atoms with Gasteiger partial charge in [-0.25, -0.2) is 12.7 Å². The Balaban J connectivity index is 2.22. The highest BCUT2D eigenvalue weighted by molar-refractivity contribution is 7.89. The second-order valence-corrected chi connectivity index (χ2v) is 7.99. The molecule has 1 saturated heterocycles. The van der Waals surface area contributed by atoms with E-state index >= 15 is 0 Å². The zero-order chi connectivity index (χ0) is 14.3. The predicted molar refractivity (Wildman–Crippen MR) is 79.8 cm³/mol. The van der Waals surface area contributed by atoms with Crippen LogP contribution in [0.15, 0.2) is 0 Å². The molecule has 6 heteroatoms. The number of hydrogen-bond acceptors (Lipinski definition) is 4. The van der Waals surface area contributed by atoms with Crippen LogP contribution in [0.5, 0.6) is 0 Å². The Morgan fingerprint density at radius 2 is 2.05 bits per heavy atom. The molecule has 2 unspecified atom stereocenters. The Hall–Kier alpha value is -0.170. The lowest BCUT2D eigenvalue weighted by molar-refractivity contribution is 0.407.